The van der Waals surface area contributed by atoms with E-state index in [0.717, 1.165) is 55.3 Å². The monoisotopic (exact) mass is 1130 g/mol. The maximum absolute atomic E-state index is 6.20. The van der Waals surface area contributed by atoms with E-state index in [0.29, 0.717) is 34.9 Å². The fraction of sp³-hybridized carbons (Fsp3) is 0.154. The molecule has 16 rings (SSSR count). The van der Waals surface area contributed by atoms with Crippen LogP contribution in [0, 0.1) is 0 Å². The van der Waals surface area contributed by atoms with Crippen molar-refractivity contribution in [2.24, 2.45) is 0 Å². The molecule has 0 atom stereocenters. The van der Waals surface area contributed by atoms with Crippen LogP contribution < -0.4 is 0 Å². The highest BCUT2D eigenvalue weighted by molar-refractivity contribution is 7.25. The van der Waals surface area contributed by atoms with Crippen molar-refractivity contribution in [3.63, 3.8) is 0 Å². The largest absolute Gasteiger partial charge is 0.456 e. The predicted octanol–water partition coefficient (Wildman–Crippen LogP) is 20.5. The second kappa shape index (κ2) is 19.9. The van der Waals surface area contributed by atoms with Crippen LogP contribution in [-0.2, 0) is 21.7 Å². The number of hydrogen-bond acceptors (Lipinski definition) is 8. The number of aromatic nitrogens is 6. The van der Waals surface area contributed by atoms with Crippen LogP contribution in [0.4, 0.5) is 0 Å². The van der Waals surface area contributed by atoms with Crippen molar-refractivity contribution in [1.29, 1.82) is 0 Å². The van der Waals surface area contributed by atoms with Gasteiger partial charge in [0.1, 0.15) is 11.2 Å². The van der Waals surface area contributed by atoms with Gasteiger partial charge in [-0.25, -0.2) is 29.9 Å². The smallest absolute Gasteiger partial charge is 0.164 e. The standard InChI is InChI=1S/C39H31N3O.C39H31N3S/c1-38(2)31-16-10-8-14-27(31)30-22-25(19-21-32(30)39(38,3)4)36-40-35(24-12-6-5-7-13-24)41-37(42-36)26-18-20-29-28-15-9-11-17-33(28)43-34(29)23-26;1-38(2)31-16-10-8-14-27(31)29-22-25(18-20-32(29)39(38,3)4)36-40-35(24-12-6-5-7-13-24)41-37(42-36)26-19-21-34-30(23-26)28-15-9-11-17-33(28)43-34/h2*5-23H,1-4H3. The molecule has 86 heavy (non-hydrogen) atoms. The molecular formula is C78H62N6OS. The average Bonchev–Trinajstić information content (AvgIpc) is 1.10. The molecule has 8 heteroatoms. The molecule has 416 valence electrons. The molecule has 0 N–H and O–H groups in total. The number of furan rings is 1. The van der Waals surface area contributed by atoms with E-state index in [4.69, 9.17) is 34.3 Å². The summed E-state index contributed by atoms with van der Waals surface area (Å²) in [6.45, 7) is 18.9. The van der Waals surface area contributed by atoms with E-state index >= 15 is 0 Å². The first kappa shape index (κ1) is 53.0. The minimum atomic E-state index is -0.0589. The Hall–Kier alpha value is -9.76. The fourth-order valence-electron chi connectivity index (χ4n) is 13.2. The highest BCUT2D eigenvalue weighted by Crippen LogP contribution is 2.56. The molecular weight excluding hydrogens is 1070 g/mol. The van der Waals surface area contributed by atoms with Gasteiger partial charge in [0, 0.05) is 64.3 Å². The van der Waals surface area contributed by atoms with Gasteiger partial charge < -0.3 is 4.42 Å². The molecule has 0 saturated carbocycles. The molecule has 4 aromatic heterocycles. The van der Waals surface area contributed by atoms with Gasteiger partial charge in [0.05, 0.1) is 0 Å². The lowest BCUT2D eigenvalue weighted by molar-refractivity contribution is 0.299. The summed E-state index contributed by atoms with van der Waals surface area (Å²) in [5.41, 5.74) is 17.8. The SMILES string of the molecule is CC1(C)c2ccccc2-c2cc(-c3nc(-c4ccccc4)nc(-c4ccc5c(c4)oc4ccccc45)n3)ccc2C1(C)C.CC1(C)c2ccccc2-c2cc(-c3nc(-c4ccccc4)nc(-c4ccc5sc6ccccc6c5c4)n3)ccc2C1(C)C. The third-order valence-corrected chi connectivity index (χ3v) is 20.6. The van der Waals surface area contributed by atoms with Crippen LogP contribution in [0.25, 0.3) is 133 Å². The summed E-state index contributed by atoms with van der Waals surface area (Å²) < 4.78 is 8.76. The van der Waals surface area contributed by atoms with Crippen molar-refractivity contribution in [2.45, 2.75) is 77.0 Å². The summed E-state index contributed by atoms with van der Waals surface area (Å²) in [5.74, 6) is 3.95. The van der Waals surface area contributed by atoms with Crippen LogP contribution in [0.3, 0.4) is 0 Å². The number of hydrogen-bond donors (Lipinski definition) is 0. The quantitative estimate of drug-likeness (QED) is 0.164. The van der Waals surface area contributed by atoms with E-state index in [1.54, 1.807) is 0 Å². The van der Waals surface area contributed by atoms with Crippen LogP contribution >= 0.6 is 11.3 Å². The van der Waals surface area contributed by atoms with Gasteiger partial charge >= 0.3 is 0 Å². The first-order chi connectivity index (χ1) is 41.6. The van der Waals surface area contributed by atoms with Crippen molar-refractivity contribution >= 4 is 53.4 Å². The lowest BCUT2D eigenvalue weighted by atomic mass is 9.55. The van der Waals surface area contributed by atoms with Crippen molar-refractivity contribution in [3.05, 3.63) is 253 Å². The normalized spacial score (nSPS) is 14.9. The zero-order valence-corrected chi connectivity index (χ0v) is 50.3. The predicted molar refractivity (Wildman–Crippen MR) is 355 cm³/mol. The van der Waals surface area contributed by atoms with Crippen LogP contribution in [0.5, 0.6) is 0 Å². The maximum atomic E-state index is 6.20. The van der Waals surface area contributed by atoms with E-state index in [1.807, 2.05) is 84.1 Å². The Morgan fingerprint density at radius 1 is 0.256 bits per heavy atom. The molecule has 0 aliphatic heterocycles. The topological polar surface area (TPSA) is 90.5 Å². The minimum Gasteiger partial charge on any atom is -0.456 e. The van der Waals surface area contributed by atoms with Crippen molar-refractivity contribution in [2.75, 3.05) is 0 Å². The Morgan fingerprint density at radius 3 is 1.14 bits per heavy atom. The lowest BCUT2D eigenvalue weighted by Gasteiger charge is -2.48. The van der Waals surface area contributed by atoms with Crippen LogP contribution in [0.15, 0.2) is 235 Å². The Bertz CT molecular complexity index is 5010. The zero-order valence-electron chi connectivity index (χ0n) is 49.4. The van der Waals surface area contributed by atoms with Crippen molar-refractivity contribution < 1.29 is 4.42 Å². The first-order valence-electron chi connectivity index (χ1n) is 29.6. The Balaban J connectivity index is 0.000000145. The second-order valence-electron chi connectivity index (χ2n) is 25.1. The van der Waals surface area contributed by atoms with Gasteiger partial charge in [0.15, 0.2) is 34.9 Å². The van der Waals surface area contributed by atoms with Crippen LogP contribution in [-0.4, -0.2) is 29.9 Å². The summed E-state index contributed by atoms with van der Waals surface area (Å²) in [6.07, 6.45) is 0. The number of para-hydroxylation sites is 1. The average molecular weight is 1130 g/mol. The molecule has 2 aliphatic carbocycles. The van der Waals surface area contributed by atoms with Gasteiger partial charge in [-0.1, -0.05) is 231 Å². The lowest BCUT2D eigenvalue weighted by Crippen LogP contribution is -2.43. The van der Waals surface area contributed by atoms with E-state index in [9.17, 15) is 0 Å². The van der Waals surface area contributed by atoms with E-state index in [-0.39, 0.29) is 21.7 Å². The minimum absolute atomic E-state index is 0.0105. The van der Waals surface area contributed by atoms with Gasteiger partial charge in [-0.3, -0.25) is 0 Å². The van der Waals surface area contributed by atoms with E-state index < -0.39 is 0 Å². The molecule has 0 amide bonds. The summed E-state index contributed by atoms with van der Waals surface area (Å²) in [7, 11) is 0. The van der Waals surface area contributed by atoms with Gasteiger partial charge in [-0.15, -0.1) is 11.3 Å². The Labute approximate surface area is 505 Å². The molecule has 0 unspecified atom stereocenters. The molecule has 4 heterocycles. The highest BCUT2D eigenvalue weighted by atomic mass is 32.1. The fourth-order valence-corrected chi connectivity index (χ4v) is 14.3. The van der Waals surface area contributed by atoms with E-state index in [1.165, 1.54) is 64.7 Å². The zero-order chi connectivity index (χ0) is 58.7. The van der Waals surface area contributed by atoms with Crippen LogP contribution in [0.1, 0.15) is 77.6 Å². The number of rotatable bonds is 6. The third-order valence-electron chi connectivity index (χ3n) is 19.4. The highest BCUT2D eigenvalue weighted by Gasteiger charge is 2.47. The first-order valence-corrected chi connectivity index (χ1v) is 30.4. The molecule has 0 spiro atoms. The van der Waals surface area contributed by atoms with E-state index in [2.05, 4.69) is 213 Å². The Morgan fingerprint density at radius 2 is 0.616 bits per heavy atom. The number of thiophene rings is 1. The molecule has 2 aliphatic rings. The van der Waals surface area contributed by atoms with Gasteiger partial charge in [-0.2, -0.15) is 0 Å². The Kier molecular flexibility index (Phi) is 12.3. The summed E-state index contributed by atoms with van der Waals surface area (Å²) >= 11 is 1.82. The van der Waals surface area contributed by atoms with Crippen molar-refractivity contribution in [3.8, 4) is 90.6 Å². The van der Waals surface area contributed by atoms with Crippen LogP contribution in [0.2, 0.25) is 0 Å². The number of fused-ring (bicyclic) bond motifs is 12. The summed E-state index contributed by atoms with van der Waals surface area (Å²) in [4.78, 5) is 30.2. The summed E-state index contributed by atoms with van der Waals surface area (Å²) in [6, 6.07) is 80.9. The van der Waals surface area contributed by atoms with Gasteiger partial charge in [0.25, 0.3) is 0 Å². The molecule has 7 nitrogen and oxygen atoms in total. The molecule has 10 aromatic carbocycles. The maximum Gasteiger partial charge on any atom is 0.164 e. The number of benzene rings is 10. The second-order valence-corrected chi connectivity index (χ2v) is 26.2. The molecule has 0 bridgehead atoms. The number of nitrogens with zero attached hydrogens (tertiary/aromatic N) is 6. The van der Waals surface area contributed by atoms with Crippen molar-refractivity contribution in [1.82, 2.24) is 29.9 Å². The van der Waals surface area contributed by atoms with Gasteiger partial charge in [-0.05, 0) is 121 Å². The summed E-state index contributed by atoms with van der Waals surface area (Å²) in [5, 5.41) is 4.68. The molecule has 14 aromatic rings. The molecule has 0 saturated heterocycles. The molecule has 0 fully saturated rings. The molecule has 0 radical (unpaired) electrons. The van der Waals surface area contributed by atoms with Gasteiger partial charge in [0.2, 0.25) is 0 Å². The third kappa shape index (κ3) is 8.52.